The Bertz CT molecular complexity index is 698. The van der Waals surface area contributed by atoms with E-state index in [0.29, 0.717) is 11.4 Å². The number of carbonyl (C=O) groups is 2. The summed E-state index contributed by atoms with van der Waals surface area (Å²) in [6.45, 7) is -0.386. The van der Waals surface area contributed by atoms with Crippen LogP contribution in [0.15, 0.2) is 30.0 Å². The molecule has 0 spiro atoms. The smallest absolute Gasteiger partial charge is 0.277 e. The molecule has 3 rings (SSSR count). The third-order valence-corrected chi connectivity index (χ3v) is 4.39. The minimum atomic E-state index is -0.549. The van der Waals surface area contributed by atoms with E-state index in [1.54, 1.807) is 0 Å². The van der Waals surface area contributed by atoms with Crippen molar-refractivity contribution in [1.82, 2.24) is 4.90 Å². The fraction of sp³-hybridized carbons (Fsp3) is 0.444. The van der Waals surface area contributed by atoms with E-state index in [4.69, 9.17) is 9.84 Å². The molecule has 1 heterocycles. The zero-order chi connectivity index (χ0) is 17.8. The summed E-state index contributed by atoms with van der Waals surface area (Å²) >= 11 is 0. The minimum absolute atomic E-state index is 0.0394. The minimum Gasteiger partial charge on any atom is -0.488 e. The van der Waals surface area contributed by atoms with E-state index >= 15 is 0 Å². The van der Waals surface area contributed by atoms with Crippen LogP contribution in [-0.4, -0.2) is 41.1 Å². The average molecular weight is 348 g/mol. The molecular weight excluding hydrogens is 327 g/mol. The van der Waals surface area contributed by atoms with E-state index in [1.807, 2.05) is 0 Å². The molecular formula is C18H21FN2O4. The van der Waals surface area contributed by atoms with Crippen LogP contribution in [0.3, 0.4) is 0 Å². The Morgan fingerprint density at radius 1 is 1.24 bits per heavy atom. The maximum Gasteiger partial charge on any atom is 0.277 e. The number of benzene rings is 1. The lowest BCUT2D eigenvalue weighted by Crippen LogP contribution is -2.34. The van der Waals surface area contributed by atoms with Crippen molar-refractivity contribution in [2.24, 2.45) is 0 Å². The molecule has 7 heteroatoms. The average Bonchev–Trinajstić information content (AvgIpc) is 2.86. The van der Waals surface area contributed by atoms with Gasteiger partial charge >= 0.3 is 0 Å². The van der Waals surface area contributed by atoms with E-state index in [1.165, 1.54) is 24.6 Å². The molecule has 1 aromatic rings. The molecule has 0 bridgehead atoms. The van der Waals surface area contributed by atoms with Gasteiger partial charge in [-0.25, -0.2) is 4.39 Å². The highest BCUT2D eigenvalue weighted by atomic mass is 19.1. The number of amides is 2. The summed E-state index contributed by atoms with van der Waals surface area (Å²) in [5.41, 5.74) is 0.348. The zero-order valence-corrected chi connectivity index (χ0v) is 13.8. The third kappa shape index (κ3) is 3.99. The molecule has 134 valence electrons. The van der Waals surface area contributed by atoms with Crippen molar-refractivity contribution >= 4 is 17.5 Å². The highest BCUT2D eigenvalue weighted by Gasteiger charge is 2.31. The van der Waals surface area contributed by atoms with E-state index in [2.05, 4.69) is 5.32 Å². The third-order valence-electron chi connectivity index (χ3n) is 4.39. The van der Waals surface area contributed by atoms with Crippen LogP contribution in [0, 0.1) is 5.82 Å². The van der Waals surface area contributed by atoms with Crippen LogP contribution in [-0.2, 0) is 9.59 Å². The molecule has 1 aliphatic carbocycles. The second-order valence-electron chi connectivity index (χ2n) is 6.22. The van der Waals surface area contributed by atoms with Gasteiger partial charge in [0.25, 0.3) is 11.8 Å². The molecule has 1 aliphatic heterocycles. The second-order valence-corrected chi connectivity index (χ2v) is 6.22. The maximum absolute atomic E-state index is 13.7. The van der Waals surface area contributed by atoms with Gasteiger partial charge in [0.05, 0.1) is 24.9 Å². The van der Waals surface area contributed by atoms with Crippen LogP contribution in [0.2, 0.25) is 0 Å². The summed E-state index contributed by atoms with van der Waals surface area (Å²) in [4.78, 5) is 25.0. The normalized spacial score (nSPS) is 18.5. The standard InChI is InChI=1S/C18H21FN2O4/c19-12-6-7-16(25-13-4-2-1-3-5-13)14(10-12)20-15-11-17(23)21(8-9-22)18(15)24/h6-7,10-11,13,20,22H,1-5,8-9H2. The second kappa shape index (κ2) is 7.65. The topological polar surface area (TPSA) is 78.9 Å². The van der Waals surface area contributed by atoms with Crippen molar-refractivity contribution in [3.63, 3.8) is 0 Å². The first kappa shape index (κ1) is 17.4. The lowest BCUT2D eigenvalue weighted by molar-refractivity contribution is -0.137. The summed E-state index contributed by atoms with van der Waals surface area (Å²) in [6.07, 6.45) is 6.50. The Labute approximate surface area is 145 Å². The number of nitrogens with zero attached hydrogens (tertiary/aromatic N) is 1. The van der Waals surface area contributed by atoms with Crippen molar-refractivity contribution < 1.29 is 23.8 Å². The first-order valence-electron chi connectivity index (χ1n) is 8.50. The lowest BCUT2D eigenvalue weighted by atomic mass is 9.98. The summed E-state index contributed by atoms with van der Waals surface area (Å²) in [5, 5.41) is 11.8. The van der Waals surface area contributed by atoms with Crippen molar-refractivity contribution in [3.8, 4) is 5.75 Å². The summed E-state index contributed by atoms with van der Waals surface area (Å²) < 4.78 is 19.6. The zero-order valence-electron chi connectivity index (χ0n) is 13.8. The number of β-amino-alcohol motifs (C(OH)–C–C–N with tert-alkyl or cyclic N) is 1. The number of nitrogens with one attached hydrogen (secondary N) is 1. The molecule has 0 aromatic heterocycles. The molecule has 2 aliphatic rings. The van der Waals surface area contributed by atoms with Gasteiger partial charge in [0.1, 0.15) is 17.3 Å². The van der Waals surface area contributed by atoms with E-state index in [0.717, 1.165) is 36.7 Å². The van der Waals surface area contributed by atoms with Crippen molar-refractivity contribution in [2.75, 3.05) is 18.5 Å². The fourth-order valence-corrected chi connectivity index (χ4v) is 3.12. The number of anilines is 1. The number of hydrogen-bond donors (Lipinski definition) is 2. The number of aliphatic hydroxyl groups excluding tert-OH is 1. The fourth-order valence-electron chi connectivity index (χ4n) is 3.12. The SMILES string of the molecule is O=C1C=C(Nc2cc(F)ccc2OC2CCCCC2)C(=O)N1CCO. The van der Waals surface area contributed by atoms with E-state index in [9.17, 15) is 14.0 Å². The Hall–Kier alpha value is -2.41. The molecule has 1 saturated carbocycles. The first-order chi connectivity index (χ1) is 12.1. The van der Waals surface area contributed by atoms with Crippen molar-refractivity contribution in [3.05, 3.63) is 35.8 Å². The van der Waals surface area contributed by atoms with Gasteiger partial charge in [-0.3, -0.25) is 14.5 Å². The van der Waals surface area contributed by atoms with E-state index in [-0.39, 0.29) is 25.0 Å². The summed E-state index contributed by atoms with van der Waals surface area (Å²) in [7, 11) is 0. The summed E-state index contributed by atoms with van der Waals surface area (Å²) in [5.74, 6) is -1.07. The van der Waals surface area contributed by atoms with Gasteiger partial charge in [-0.15, -0.1) is 0 Å². The van der Waals surface area contributed by atoms with Crippen LogP contribution in [0.4, 0.5) is 10.1 Å². The first-order valence-corrected chi connectivity index (χ1v) is 8.50. The van der Waals surface area contributed by atoms with Gasteiger partial charge in [0.2, 0.25) is 0 Å². The molecule has 25 heavy (non-hydrogen) atoms. The Kier molecular flexibility index (Phi) is 5.33. The predicted octanol–water partition coefficient (Wildman–Crippen LogP) is 2.19. The molecule has 2 amide bonds. The van der Waals surface area contributed by atoms with Crippen LogP contribution in [0.1, 0.15) is 32.1 Å². The Balaban J connectivity index is 1.77. The van der Waals surface area contributed by atoms with Crippen LogP contribution >= 0.6 is 0 Å². The van der Waals surface area contributed by atoms with Gasteiger partial charge in [-0.05, 0) is 37.8 Å². The van der Waals surface area contributed by atoms with Gasteiger partial charge in [-0.2, -0.15) is 0 Å². The maximum atomic E-state index is 13.7. The highest BCUT2D eigenvalue weighted by molar-refractivity contribution is 6.17. The van der Waals surface area contributed by atoms with Gasteiger partial charge in [-0.1, -0.05) is 6.42 Å². The molecule has 0 atom stereocenters. The monoisotopic (exact) mass is 348 g/mol. The predicted molar refractivity (Wildman–Crippen MR) is 89.4 cm³/mol. The number of ether oxygens (including phenoxy) is 1. The number of halogens is 1. The molecule has 6 nitrogen and oxygen atoms in total. The van der Waals surface area contributed by atoms with Gasteiger partial charge in [0, 0.05) is 12.1 Å². The van der Waals surface area contributed by atoms with E-state index < -0.39 is 17.6 Å². The number of rotatable bonds is 6. The number of aliphatic hydroxyl groups is 1. The van der Waals surface area contributed by atoms with Crippen LogP contribution in [0.25, 0.3) is 0 Å². The van der Waals surface area contributed by atoms with Crippen molar-refractivity contribution in [1.29, 1.82) is 0 Å². The molecule has 2 N–H and O–H groups in total. The molecule has 0 saturated heterocycles. The van der Waals surface area contributed by atoms with Crippen LogP contribution in [0.5, 0.6) is 5.75 Å². The van der Waals surface area contributed by atoms with Gasteiger partial charge in [0.15, 0.2) is 0 Å². The largest absolute Gasteiger partial charge is 0.488 e. The molecule has 0 unspecified atom stereocenters. The molecule has 1 aromatic carbocycles. The lowest BCUT2D eigenvalue weighted by Gasteiger charge is -2.24. The number of imide groups is 1. The van der Waals surface area contributed by atoms with Gasteiger partial charge < -0.3 is 15.2 Å². The Morgan fingerprint density at radius 3 is 2.72 bits per heavy atom. The number of hydrogen-bond acceptors (Lipinski definition) is 5. The summed E-state index contributed by atoms with van der Waals surface area (Å²) in [6, 6.07) is 4.07. The molecule has 0 radical (unpaired) electrons. The van der Waals surface area contributed by atoms with Crippen molar-refractivity contribution in [2.45, 2.75) is 38.2 Å². The van der Waals surface area contributed by atoms with Crippen LogP contribution < -0.4 is 10.1 Å². The highest BCUT2D eigenvalue weighted by Crippen LogP contribution is 2.31. The Morgan fingerprint density at radius 2 is 2.00 bits per heavy atom. The molecule has 1 fully saturated rings. The quantitative estimate of drug-likeness (QED) is 0.771. The number of carbonyl (C=O) groups excluding carboxylic acids is 2.